The van der Waals surface area contributed by atoms with Gasteiger partial charge in [-0.05, 0) is 19.4 Å². The van der Waals surface area contributed by atoms with Crippen LogP contribution in [0.5, 0.6) is 0 Å². The molecule has 7 heteroatoms. The van der Waals surface area contributed by atoms with Crippen molar-refractivity contribution >= 4 is 16.0 Å². The number of benzene rings is 1. The minimum Gasteiger partial charge on any atom is -0.462 e. The summed E-state index contributed by atoms with van der Waals surface area (Å²) < 4.78 is 29.8. The quantitative estimate of drug-likeness (QED) is 0.750. The Hall–Kier alpha value is -1.44. The number of aliphatic hydroxyl groups excluding tert-OH is 1. The molecule has 0 fully saturated rings. The van der Waals surface area contributed by atoms with Crippen LogP contribution in [0.3, 0.4) is 0 Å². The molecule has 0 aliphatic heterocycles. The van der Waals surface area contributed by atoms with Crippen LogP contribution in [0.4, 0.5) is 0 Å². The van der Waals surface area contributed by atoms with E-state index < -0.39 is 34.2 Å². The first-order chi connectivity index (χ1) is 9.20. The van der Waals surface area contributed by atoms with Gasteiger partial charge in [0.05, 0.1) is 12.4 Å². The Labute approximate surface area is 118 Å². The molecule has 2 atom stereocenters. The first-order valence-electron chi connectivity index (χ1n) is 6.11. The highest BCUT2D eigenvalue weighted by atomic mass is 32.2. The fourth-order valence-corrected chi connectivity index (χ4v) is 2.31. The summed E-state index contributed by atoms with van der Waals surface area (Å²) in [6.45, 7) is 3.29. The molecule has 0 aliphatic carbocycles. The monoisotopic (exact) mass is 301 g/mol. The Balaban J connectivity index is 3.01. The first kappa shape index (κ1) is 16.6. The van der Waals surface area contributed by atoms with Crippen molar-refractivity contribution in [3.63, 3.8) is 0 Å². The van der Waals surface area contributed by atoms with Gasteiger partial charge in [-0.2, -0.15) is 4.72 Å². The Kier molecular flexibility index (Phi) is 5.67. The number of carbonyl (C=O) groups excluding carboxylic acids is 1. The molecule has 0 unspecified atom stereocenters. The van der Waals surface area contributed by atoms with Crippen LogP contribution < -0.4 is 4.72 Å². The van der Waals surface area contributed by atoms with E-state index in [1.807, 2.05) is 0 Å². The number of rotatable bonds is 6. The van der Waals surface area contributed by atoms with Crippen LogP contribution in [-0.4, -0.2) is 37.9 Å². The molecule has 0 saturated heterocycles. The summed E-state index contributed by atoms with van der Waals surface area (Å²) in [4.78, 5) is 11.9. The molecule has 0 amide bonds. The Morgan fingerprint density at radius 2 is 1.80 bits per heavy atom. The molecule has 0 heterocycles. The molecule has 20 heavy (non-hydrogen) atoms. The molecular weight excluding hydrogens is 282 g/mol. The standard InChI is InChI=1S/C13H19NO5S/c1-9(2)19-13(16)11(14-20(3,17)18)12(15)10-7-5-4-6-8-10/h4-9,11-12,14-15H,1-3H3/t11-,12+/m0/s1. The first-order valence-corrected chi connectivity index (χ1v) is 8.00. The van der Waals surface area contributed by atoms with Crippen LogP contribution in [0, 0.1) is 0 Å². The molecule has 6 nitrogen and oxygen atoms in total. The van der Waals surface area contributed by atoms with Gasteiger partial charge in [-0.1, -0.05) is 30.3 Å². The number of sulfonamides is 1. The average Bonchev–Trinajstić information content (AvgIpc) is 2.34. The number of hydrogen-bond donors (Lipinski definition) is 2. The third-order valence-corrected chi connectivity index (χ3v) is 3.09. The van der Waals surface area contributed by atoms with Gasteiger partial charge in [0.15, 0.2) is 0 Å². The lowest BCUT2D eigenvalue weighted by Crippen LogP contribution is -2.46. The third-order valence-electron chi connectivity index (χ3n) is 2.40. The van der Waals surface area contributed by atoms with Crippen molar-refractivity contribution in [3.05, 3.63) is 35.9 Å². The maximum Gasteiger partial charge on any atom is 0.327 e. The highest BCUT2D eigenvalue weighted by Gasteiger charge is 2.32. The zero-order valence-electron chi connectivity index (χ0n) is 11.6. The Morgan fingerprint density at radius 3 is 2.25 bits per heavy atom. The Bertz CT molecular complexity index is 541. The lowest BCUT2D eigenvalue weighted by Gasteiger charge is -2.23. The van der Waals surface area contributed by atoms with Crippen molar-refractivity contribution in [1.29, 1.82) is 0 Å². The summed E-state index contributed by atoms with van der Waals surface area (Å²) in [7, 11) is -3.67. The number of ether oxygens (including phenoxy) is 1. The van der Waals surface area contributed by atoms with E-state index in [2.05, 4.69) is 4.72 Å². The lowest BCUT2D eigenvalue weighted by molar-refractivity contribution is -0.152. The fourth-order valence-electron chi connectivity index (χ4n) is 1.62. The average molecular weight is 301 g/mol. The van der Waals surface area contributed by atoms with Crippen molar-refractivity contribution in [2.75, 3.05) is 6.26 Å². The lowest BCUT2D eigenvalue weighted by atomic mass is 10.0. The minimum absolute atomic E-state index is 0.408. The SMILES string of the molecule is CC(C)OC(=O)[C@@H](NS(C)(=O)=O)[C@H](O)c1ccccc1. The van der Waals surface area contributed by atoms with Crippen LogP contribution in [-0.2, 0) is 19.6 Å². The molecule has 0 aromatic heterocycles. The summed E-state index contributed by atoms with van der Waals surface area (Å²) in [5.41, 5.74) is 0.425. The van der Waals surface area contributed by atoms with Gasteiger partial charge in [-0.15, -0.1) is 0 Å². The fraction of sp³-hybridized carbons (Fsp3) is 0.462. The van der Waals surface area contributed by atoms with Crippen LogP contribution in [0.15, 0.2) is 30.3 Å². The minimum atomic E-state index is -3.67. The molecule has 1 aromatic carbocycles. The van der Waals surface area contributed by atoms with Crippen molar-refractivity contribution in [3.8, 4) is 0 Å². The highest BCUT2D eigenvalue weighted by molar-refractivity contribution is 7.88. The maximum atomic E-state index is 11.9. The van der Waals surface area contributed by atoms with Gasteiger partial charge >= 0.3 is 5.97 Å². The molecule has 1 aromatic rings. The van der Waals surface area contributed by atoms with E-state index in [1.54, 1.807) is 44.2 Å². The number of carbonyl (C=O) groups is 1. The molecule has 2 N–H and O–H groups in total. The summed E-state index contributed by atoms with van der Waals surface area (Å²) in [5.74, 6) is -0.818. The summed E-state index contributed by atoms with van der Waals surface area (Å²) in [6, 6.07) is 6.94. The van der Waals surface area contributed by atoms with Crippen molar-refractivity contribution < 1.29 is 23.1 Å². The number of esters is 1. The molecule has 0 aliphatic rings. The van der Waals surface area contributed by atoms with Crippen molar-refractivity contribution in [2.24, 2.45) is 0 Å². The largest absolute Gasteiger partial charge is 0.462 e. The Morgan fingerprint density at radius 1 is 1.25 bits per heavy atom. The van der Waals surface area contributed by atoms with Crippen LogP contribution in [0.1, 0.15) is 25.5 Å². The second kappa shape index (κ2) is 6.83. The summed E-state index contributed by atoms with van der Waals surface area (Å²) in [5, 5.41) is 10.2. The normalized spacial score (nSPS) is 14.8. The van der Waals surface area contributed by atoms with Gasteiger partial charge in [0, 0.05) is 0 Å². The topological polar surface area (TPSA) is 92.7 Å². The van der Waals surface area contributed by atoms with Gasteiger partial charge < -0.3 is 9.84 Å². The third kappa shape index (κ3) is 5.28. The van der Waals surface area contributed by atoms with E-state index in [0.29, 0.717) is 5.56 Å². The van der Waals surface area contributed by atoms with Gasteiger partial charge in [-0.25, -0.2) is 8.42 Å². The van der Waals surface area contributed by atoms with Crippen LogP contribution >= 0.6 is 0 Å². The second-order valence-corrected chi connectivity index (χ2v) is 6.49. The van der Waals surface area contributed by atoms with E-state index in [-0.39, 0.29) is 0 Å². The molecule has 1 rings (SSSR count). The van der Waals surface area contributed by atoms with E-state index >= 15 is 0 Å². The molecule has 0 bridgehead atoms. The predicted octanol–water partition coefficient (Wildman–Crippen LogP) is 0.589. The summed E-state index contributed by atoms with van der Waals surface area (Å²) >= 11 is 0. The zero-order chi connectivity index (χ0) is 15.3. The maximum absolute atomic E-state index is 11.9. The number of hydrogen-bond acceptors (Lipinski definition) is 5. The smallest absolute Gasteiger partial charge is 0.327 e. The number of aliphatic hydroxyl groups is 1. The van der Waals surface area contributed by atoms with Gasteiger partial charge in [-0.3, -0.25) is 4.79 Å². The van der Waals surface area contributed by atoms with Crippen LogP contribution in [0.2, 0.25) is 0 Å². The molecular formula is C13H19NO5S. The van der Waals surface area contributed by atoms with Gasteiger partial charge in [0.2, 0.25) is 10.0 Å². The van der Waals surface area contributed by atoms with Gasteiger partial charge in [0.25, 0.3) is 0 Å². The van der Waals surface area contributed by atoms with Gasteiger partial charge in [0.1, 0.15) is 12.1 Å². The highest BCUT2D eigenvalue weighted by Crippen LogP contribution is 2.18. The molecule has 112 valence electrons. The molecule has 0 radical (unpaired) electrons. The predicted molar refractivity (Wildman–Crippen MR) is 74.4 cm³/mol. The van der Waals surface area contributed by atoms with Crippen LogP contribution in [0.25, 0.3) is 0 Å². The second-order valence-electron chi connectivity index (χ2n) is 4.71. The molecule has 0 saturated carbocycles. The van der Waals surface area contributed by atoms with Crippen molar-refractivity contribution in [1.82, 2.24) is 4.72 Å². The zero-order valence-corrected chi connectivity index (χ0v) is 12.4. The van der Waals surface area contributed by atoms with E-state index in [4.69, 9.17) is 4.74 Å². The van der Waals surface area contributed by atoms with E-state index in [0.717, 1.165) is 6.26 Å². The number of nitrogens with one attached hydrogen (secondary N) is 1. The molecule has 0 spiro atoms. The van der Waals surface area contributed by atoms with E-state index in [1.165, 1.54) is 0 Å². The van der Waals surface area contributed by atoms with Crippen molar-refractivity contribution in [2.45, 2.75) is 32.1 Å². The van der Waals surface area contributed by atoms with E-state index in [9.17, 15) is 18.3 Å². The summed E-state index contributed by atoms with van der Waals surface area (Å²) in [6.07, 6.45) is -0.813.